The Balaban J connectivity index is 1.69. The van der Waals surface area contributed by atoms with E-state index in [1.54, 1.807) is 0 Å². The molecule has 2 aromatic carbocycles. The lowest BCUT2D eigenvalue weighted by Gasteiger charge is -2.26. The maximum atomic E-state index is 12.4. The molecular formula is C20H21BrN2O. The fourth-order valence-electron chi connectivity index (χ4n) is 3.03. The minimum Gasteiger partial charge on any atom is -0.361 e. The van der Waals surface area contributed by atoms with Gasteiger partial charge in [-0.05, 0) is 43.5 Å². The van der Waals surface area contributed by atoms with Crippen molar-refractivity contribution in [1.82, 2.24) is 10.3 Å². The molecule has 0 bridgehead atoms. The van der Waals surface area contributed by atoms with Crippen molar-refractivity contribution in [3.8, 4) is 0 Å². The largest absolute Gasteiger partial charge is 0.361 e. The van der Waals surface area contributed by atoms with Gasteiger partial charge in [0.2, 0.25) is 5.91 Å². The van der Waals surface area contributed by atoms with Crippen LogP contribution < -0.4 is 5.32 Å². The molecule has 3 nitrogen and oxygen atoms in total. The Hall–Kier alpha value is -2.07. The van der Waals surface area contributed by atoms with Crippen molar-refractivity contribution in [3.05, 3.63) is 70.3 Å². The summed E-state index contributed by atoms with van der Waals surface area (Å²) in [7, 11) is 0. The molecular weight excluding hydrogens is 364 g/mol. The lowest BCUT2D eigenvalue weighted by molar-refractivity contribution is -0.122. The van der Waals surface area contributed by atoms with Crippen LogP contribution in [0.1, 0.15) is 25.0 Å². The van der Waals surface area contributed by atoms with Crippen LogP contribution in [0.3, 0.4) is 0 Å². The van der Waals surface area contributed by atoms with Gasteiger partial charge < -0.3 is 10.3 Å². The number of carbonyl (C=O) groups is 1. The summed E-state index contributed by atoms with van der Waals surface area (Å²) < 4.78 is 0.967. The summed E-state index contributed by atoms with van der Waals surface area (Å²) in [4.78, 5) is 15.7. The zero-order valence-corrected chi connectivity index (χ0v) is 15.5. The third kappa shape index (κ3) is 3.88. The van der Waals surface area contributed by atoms with Crippen molar-refractivity contribution in [3.63, 3.8) is 0 Å². The molecule has 0 radical (unpaired) electrons. The van der Waals surface area contributed by atoms with Crippen LogP contribution in [-0.4, -0.2) is 16.4 Å². The first-order valence-electron chi connectivity index (χ1n) is 8.04. The number of carbonyl (C=O) groups excluding carboxylic acids is 1. The Labute approximate surface area is 150 Å². The highest BCUT2D eigenvalue weighted by atomic mass is 79.9. The molecule has 2 N–H and O–H groups in total. The minimum atomic E-state index is -0.316. The molecule has 0 fully saturated rings. The number of rotatable bonds is 5. The van der Waals surface area contributed by atoms with Crippen molar-refractivity contribution in [2.24, 2.45) is 0 Å². The summed E-state index contributed by atoms with van der Waals surface area (Å²) in [6, 6.07) is 16.1. The van der Waals surface area contributed by atoms with E-state index in [1.807, 2.05) is 42.6 Å². The van der Waals surface area contributed by atoms with Gasteiger partial charge >= 0.3 is 0 Å². The van der Waals surface area contributed by atoms with E-state index in [2.05, 4.69) is 52.2 Å². The second kappa shape index (κ2) is 6.81. The number of benzene rings is 2. The predicted molar refractivity (Wildman–Crippen MR) is 102 cm³/mol. The maximum Gasteiger partial charge on any atom is 0.224 e. The molecule has 1 amide bonds. The number of amides is 1. The van der Waals surface area contributed by atoms with Gasteiger partial charge in [0.1, 0.15) is 0 Å². The lowest BCUT2D eigenvalue weighted by Crippen LogP contribution is -2.45. The molecule has 1 aromatic heterocycles. The van der Waals surface area contributed by atoms with Gasteiger partial charge in [-0.3, -0.25) is 4.79 Å². The van der Waals surface area contributed by atoms with E-state index in [4.69, 9.17) is 0 Å². The summed E-state index contributed by atoms with van der Waals surface area (Å²) in [5, 5.41) is 4.37. The summed E-state index contributed by atoms with van der Waals surface area (Å²) in [6.07, 6.45) is 3.18. The Morgan fingerprint density at radius 2 is 1.79 bits per heavy atom. The van der Waals surface area contributed by atoms with Crippen molar-refractivity contribution >= 4 is 32.7 Å². The third-order valence-corrected chi connectivity index (χ3v) is 4.87. The number of aromatic amines is 1. The fourth-order valence-corrected chi connectivity index (χ4v) is 3.46. The Morgan fingerprint density at radius 1 is 1.08 bits per heavy atom. The molecule has 0 aliphatic heterocycles. The van der Waals surface area contributed by atoms with E-state index in [1.165, 1.54) is 10.9 Å². The van der Waals surface area contributed by atoms with Crippen LogP contribution in [0.2, 0.25) is 0 Å². The Kier molecular flexibility index (Phi) is 4.76. The molecule has 0 spiro atoms. The number of H-pyrrole nitrogens is 1. The first-order chi connectivity index (χ1) is 11.4. The van der Waals surface area contributed by atoms with Crippen LogP contribution in [0.5, 0.6) is 0 Å². The van der Waals surface area contributed by atoms with E-state index in [-0.39, 0.29) is 11.4 Å². The number of hydrogen-bond acceptors (Lipinski definition) is 1. The number of aromatic nitrogens is 1. The van der Waals surface area contributed by atoms with Gasteiger partial charge in [-0.1, -0.05) is 52.3 Å². The number of fused-ring (bicyclic) bond motifs is 1. The highest BCUT2D eigenvalue weighted by Crippen LogP contribution is 2.23. The number of halogens is 1. The second-order valence-corrected chi connectivity index (χ2v) is 7.59. The van der Waals surface area contributed by atoms with E-state index < -0.39 is 0 Å². The quantitative estimate of drug-likeness (QED) is 0.662. The molecule has 4 heteroatoms. The standard InChI is InChI=1S/C20H21BrN2O/c1-20(2,12-15-13-22-18-10-6-4-8-16(15)18)23-19(24)11-14-7-3-5-9-17(14)21/h3-10,13,22H,11-12H2,1-2H3,(H,23,24). The van der Waals surface area contributed by atoms with Gasteiger partial charge in [0.25, 0.3) is 0 Å². The molecule has 1 heterocycles. The normalized spacial score (nSPS) is 11.6. The summed E-state index contributed by atoms with van der Waals surface area (Å²) in [6.45, 7) is 4.12. The molecule has 0 saturated heterocycles. The molecule has 24 heavy (non-hydrogen) atoms. The maximum absolute atomic E-state index is 12.4. The molecule has 0 aliphatic carbocycles. The van der Waals surface area contributed by atoms with Crippen LogP contribution in [-0.2, 0) is 17.6 Å². The lowest BCUT2D eigenvalue weighted by atomic mass is 9.94. The van der Waals surface area contributed by atoms with E-state index in [0.29, 0.717) is 6.42 Å². The highest BCUT2D eigenvalue weighted by Gasteiger charge is 2.22. The van der Waals surface area contributed by atoms with E-state index in [9.17, 15) is 4.79 Å². The molecule has 0 unspecified atom stereocenters. The first kappa shape index (κ1) is 16.8. The Bertz CT molecular complexity index is 867. The van der Waals surface area contributed by atoms with E-state index in [0.717, 1.165) is 22.0 Å². The van der Waals surface area contributed by atoms with Gasteiger partial charge in [0, 0.05) is 27.1 Å². The summed E-state index contributed by atoms with van der Waals surface area (Å²) in [5.74, 6) is 0.0340. The molecule has 0 atom stereocenters. The van der Waals surface area contributed by atoms with Crippen molar-refractivity contribution in [1.29, 1.82) is 0 Å². The number of nitrogens with one attached hydrogen (secondary N) is 2. The van der Waals surface area contributed by atoms with Crippen LogP contribution in [0.15, 0.2) is 59.2 Å². The second-order valence-electron chi connectivity index (χ2n) is 6.74. The van der Waals surface area contributed by atoms with Crippen molar-refractivity contribution in [2.45, 2.75) is 32.2 Å². The van der Waals surface area contributed by atoms with Gasteiger partial charge in [0.15, 0.2) is 0 Å². The van der Waals surface area contributed by atoms with Crippen LogP contribution in [0, 0.1) is 0 Å². The van der Waals surface area contributed by atoms with Crippen molar-refractivity contribution < 1.29 is 4.79 Å². The monoisotopic (exact) mass is 384 g/mol. The highest BCUT2D eigenvalue weighted by molar-refractivity contribution is 9.10. The molecule has 3 aromatic rings. The minimum absolute atomic E-state index is 0.0340. The molecule has 3 rings (SSSR count). The van der Waals surface area contributed by atoms with Crippen LogP contribution in [0.25, 0.3) is 10.9 Å². The molecule has 0 saturated carbocycles. The van der Waals surface area contributed by atoms with Gasteiger partial charge in [-0.2, -0.15) is 0 Å². The van der Waals surface area contributed by atoms with Crippen molar-refractivity contribution in [2.75, 3.05) is 0 Å². The zero-order chi connectivity index (χ0) is 17.2. The summed E-state index contributed by atoms with van der Waals surface area (Å²) in [5.41, 5.74) is 3.03. The topological polar surface area (TPSA) is 44.9 Å². The smallest absolute Gasteiger partial charge is 0.224 e. The number of hydrogen-bond donors (Lipinski definition) is 2. The third-order valence-electron chi connectivity index (χ3n) is 4.09. The fraction of sp³-hybridized carbons (Fsp3) is 0.250. The Morgan fingerprint density at radius 3 is 2.58 bits per heavy atom. The molecule has 0 aliphatic rings. The van der Waals surface area contributed by atoms with Gasteiger partial charge in [-0.25, -0.2) is 0 Å². The van der Waals surface area contributed by atoms with Gasteiger partial charge in [-0.15, -0.1) is 0 Å². The van der Waals surface area contributed by atoms with Crippen LogP contribution in [0.4, 0.5) is 0 Å². The van der Waals surface area contributed by atoms with Gasteiger partial charge in [0.05, 0.1) is 6.42 Å². The van der Waals surface area contributed by atoms with Crippen LogP contribution >= 0.6 is 15.9 Å². The average Bonchev–Trinajstić information content (AvgIpc) is 2.92. The molecule has 124 valence electrons. The zero-order valence-electron chi connectivity index (χ0n) is 13.9. The number of para-hydroxylation sites is 1. The predicted octanol–water partition coefficient (Wildman–Crippen LogP) is 4.61. The summed E-state index contributed by atoms with van der Waals surface area (Å²) >= 11 is 3.50. The van der Waals surface area contributed by atoms with E-state index >= 15 is 0 Å². The first-order valence-corrected chi connectivity index (χ1v) is 8.83. The SMILES string of the molecule is CC(C)(Cc1c[nH]c2ccccc12)NC(=O)Cc1ccccc1Br. The average molecular weight is 385 g/mol.